The maximum Gasteiger partial charge on any atom is 0.231 e. The Morgan fingerprint density at radius 3 is 2.40 bits per heavy atom. The van der Waals surface area contributed by atoms with Gasteiger partial charge in [-0.25, -0.2) is 4.68 Å². The third-order valence-corrected chi connectivity index (χ3v) is 5.79. The second kappa shape index (κ2) is 8.00. The van der Waals surface area contributed by atoms with Gasteiger partial charge < -0.3 is 9.47 Å². The summed E-state index contributed by atoms with van der Waals surface area (Å²) in [6.45, 7) is 0.261. The molecule has 0 radical (unpaired) electrons. The molecule has 148 valence electrons. The summed E-state index contributed by atoms with van der Waals surface area (Å²) in [5, 5.41) is 6.78. The van der Waals surface area contributed by atoms with Gasteiger partial charge in [-0.3, -0.25) is 4.99 Å². The van der Waals surface area contributed by atoms with Crippen molar-refractivity contribution >= 4 is 17.6 Å². The van der Waals surface area contributed by atoms with E-state index >= 15 is 0 Å². The molecule has 3 aromatic carbocycles. The fraction of sp³-hybridized carbons (Fsp3) is 0.0833. The third-order valence-electron chi connectivity index (χ3n) is 4.88. The molecule has 0 spiro atoms. The Bertz CT molecular complexity index is 1270. The van der Waals surface area contributed by atoms with E-state index in [-0.39, 0.29) is 6.79 Å². The fourth-order valence-corrected chi connectivity index (χ4v) is 4.15. The average molecular weight is 414 g/mol. The number of ether oxygens (including phenoxy) is 2. The minimum atomic E-state index is 0.261. The zero-order chi connectivity index (χ0) is 20.3. The summed E-state index contributed by atoms with van der Waals surface area (Å²) in [6, 6.07) is 24.7. The molecule has 1 aliphatic rings. The summed E-state index contributed by atoms with van der Waals surface area (Å²) >= 11 is 1.56. The molecule has 0 saturated carbocycles. The van der Waals surface area contributed by atoms with Crippen LogP contribution in [-0.2, 0) is 0 Å². The number of nitrogens with zero attached hydrogens (tertiary/aromatic N) is 3. The molecule has 0 aliphatic carbocycles. The van der Waals surface area contributed by atoms with E-state index in [2.05, 4.69) is 58.9 Å². The molecule has 5 rings (SSSR count). The van der Waals surface area contributed by atoms with Crippen LogP contribution in [0.5, 0.6) is 11.5 Å². The zero-order valence-corrected chi connectivity index (χ0v) is 17.2. The minimum absolute atomic E-state index is 0.261. The first-order valence-corrected chi connectivity index (χ1v) is 10.4. The van der Waals surface area contributed by atoms with Crippen LogP contribution >= 0.6 is 11.3 Å². The van der Waals surface area contributed by atoms with Gasteiger partial charge in [0, 0.05) is 18.0 Å². The predicted octanol–water partition coefficient (Wildman–Crippen LogP) is 5.03. The number of hydrogen-bond donors (Lipinski definition) is 0. The van der Waals surface area contributed by atoms with Crippen LogP contribution in [0.15, 0.2) is 88.3 Å². The molecule has 0 fully saturated rings. The molecule has 6 heteroatoms. The van der Waals surface area contributed by atoms with E-state index in [9.17, 15) is 0 Å². The van der Waals surface area contributed by atoms with Crippen molar-refractivity contribution in [3.05, 3.63) is 88.5 Å². The molecule has 5 nitrogen and oxygen atoms in total. The van der Waals surface area contributed by atoms with Crippen LogP contribution in [0.4, 0.5) is 0 Å². The summed E-state index contributed by atoms with van der Waals surface area (Å²) in [6.07, 6.45) is 1.81. The normalized spacial score (nSPS) is 13.3. The second-order valence-corrected chi connectivity index (χ2v) is 7.58. The molecule has 0 amide bonds. The number of fused-ring (bicyclic) bond motifs is 1. The number of hydrogen-bond acceptors (Lipinski definition) is 5. The monoisotopic (exact) mass is 413 g/mol. The number of thiazole rings is 1. The van der Waals surface area contributed by atoms with Gasteiger partial charge in [0.25, 0.3) is 0 Å². The first kappa shape index (κ1) is 18.4. The quantitative estimate of drug-likeness (QED) is 0.441. The Kier molecular flexibility index (Phi) is 4.91. The Hall–Kier alpha value is -3.64. The van der Waals surface area contributed by atoms with E-state index in [1.807, 2.05) is 35.2 Å². The summed E-state index contributed by atoms with van der Waals surface area (Å²) in [5.41, 5.74) is 5.41. The van der Waals surface area contributed by atoms with Crippen molar-refractivity contribution in [2.24, 2.45) is 10.1 Å². The van der Waals surface area contributed by atoms with E-state index in [1.54, 1.807) is 18.4 Å². The summed E-state index contributed by atoms with van der Waals surface area (Å²) < 4.78 is 12.7. The van der Waals surface area contributed by atoms with Gasteiger partial charge in [-0.2, -0.15) is 5.10 Å². The molecular weight excluding hydrogens is 394 g/mol. The highest BCUT2D eigenvalue weighted by atomic mass is 32.1. The van der Waals surface area contributed by atoms with Crippen molar-refractivity contribution < 1.29 is 9.47 Å². The van der Waals surface area contributed by atoms with Crippen LogP contribution < -0.4 is 14.3 Å². The van der Waals surface area contributed by atoms with Gasteiger partial charge in [0.2, 0.25) is 11.6 Å². The smallest absolute Gasteiger partial charge is 0.231 e. The highest BCUT2D eigenvalue weighted by Gasteiger charge is 2.13. The Morgan fingerprint density at radius 1 is 0.867 bits per heavy atom. The van der Waals surface area contributed by atoms with Gasteiger partial charge in [0.15, 0.2) is 11.5 Å². The van der Waals surface area contributed by atoms with Gasteiger partial charge in [0.05, 0.1) is 11.9 Å². The van der Waals surface area contributed by atoms with Gasteiger partial charge in [-0.15, -0.1) is 11.3 Å². The lowest BCUT2D eigenvalue weighted by atomic mass is 10.0. The molecule has 0 atom stereocenters. The van der Waals surface area contributed by atoms with Crippen molar-refractivity contribution in [1.29, 1.82) is 0 Å². The highest BCUT2D eigenvalue weighted by Crippen LogP contribution is 2.32. The minimum Gasteiger partial charge on any atom is -0.454 e. The van der Waals surface area contributed by atoms with Crippen LogP contribution in [0.25, 0.3) is 22.4 Å². The van der Waals surface area contributed by atoms with Gasteiger partial charge in [0.1, 0.15) is 0 Å². The first-order chi connectivity index (χ1) is 14.8. The largest absolute Gasteiger partial charge is 0.454 e. The van der Waals surface area contributed by atoms with Gasteiger partial charge in [-0.05, 0) is 34.9 Å². The molecule has 30 heavy (non-hydrogen) atoms. The molecule has 1 aliphatic heterocycles. The van der Waals surface area contributed by atoms with Gasteiger partial charge >= 0.3 is 0 Å². The van der Waals surface area contributed by atoms with Crippen LogP contribution in [0.3, 0.4) is 0 Å². The van der Waals surface area contributed by atoms with Crippen molar-refractivity contribution in [1.82, 2.24) is 4.68 Å². The lowest BCUT2D eigenvalue weighted by molar-refractivity contribution is 0.174. The molecule has 0 saturated heterocycles. The second-order valence-electron chi connectivity index (χ2n) is 6.74. The molecular formula is C24H19N3O2S. The summed E-state index contributed by atoms with van der Waals surface area (Å²) in [4.78, 5) is 5.20. The summed E-state index contributed by atoms with van der Waals surface area (Å²) in [7, 11) is 1.78. The summed E-state index contributed by atoms with van der Waals surface area (Å²) in [5.74, 6) is 1.50. The van der Waals surface area contributed by atoms with Crippen LogP contribution in [0.2, 0.25) is 0 Å². The van der Waals surface area contributed by atoms with E-state index in [0.29, 0.717) is 0 Å². The Balaban J connectivity index is 1.48. The maximum absolute atomic E-state index is 5.45. The molecule has 0 N–H and O–H groups in total. The average Bonchev–Trinajstić information content (AvgIpc) is 3.44. The fourth-order valence-electron chi connectivity index (χ4n) is 3.34. The SMILES string of the molecule is CN=c1scc(-c2ccc(-c3ccccc3)cc2)n1/N=C/c1ccc2c(c1)OCO2. The lowest BCUT2D eigenvalue weighted by Gasteiger charge is -2.06. The Labute approximate surface area is 178 Å². The van der Waals surface area contributed by atoms with Crippen molar-refractivity contribution in [3.8, 4) is 33.9 Å². The highest BCUT2D eigenvalue weighted by molar-refractivity contribution is 7.07. The van der Waals surface area contributed by atoms with E-state index in [0.717, 1.165) is 33.1 Å². The molecule has 0 unspecified atom stereocenters. The van der Waals surface area contributed by atoms with E-state index in [4.69, 9.17) is 14.6 Å². The Morgan fingerprint density at radius 2 is 1.60 bits per heavy atom. The molecule has 2 heterocycles. The molecule has 1 aromatic heterocycles. The van der Waals surface area contributed by atoms with Crippen LogP contribution in [-0.4, -0.2) is 24.7 Å². The maximum atomic E-state index is 5.45. The topological polar surface area (TPSA) is 48.1 Å². The van der Waals surface area contributed by atoms with Crippen LogP contribution in [0, 0.1) is 0 Å². The standard InChI is InChI=1S/C24H19N3O2S/c1-25-24-27(26-14-17-7-12-22-23(13-17)29-16-28-22)21(15-30-24)20-10-8-19(9-11-20)18-5-3-2-4-6-18/h2-15H,16H2,1H3/b25-24?,26-14+. The lowest BCUT2D eigenvalue weighted by Crippen LogP contribution is -2.11. The van der Waals surface area contributed by atoms with Crippen molar-refractivity contribution in [2.45, 2.75) is 0 Å². The number of rotatable bonds is 4. The van der Waals surface area contributed by atoms with Crippen LogP contribution in [0.1, 0.15) is 5.56 Å². The molecule has 0 bridgehead atoms. The number of benzene rings is 3. The number of aromatic nitrogens is 1. The van der Waals surface area contributed by atoms with E-state index < -0.39 is 0 Å². The van der Waals surface area contributed by atoms with E-state index in [1.165, 1.54) is 11.1 Å². The van der Waals surface area contributed by atoms with Crippen molar-refractivity contribution in [3.63, 3.8) is 0 Å². The van der Waals surface area contributed by atoms with Crippen molar-refractivity contribution in [2.75, 3.05) is 13.8 Å². The van der Waals surface area contributed by atoms with Gasteiger partial charge in [-0.1, -0.05) is 54.6 Å². The third kappa shape index (κ3) is 3.53. The first-order valence-electron chi connectivity index (χ1n) is 9.55. The molecule has 4 aromatic rings. The zero-order valence-electron chi connectivity index (χ0n) is 16.4. The predicted molar refractivity (Wildman–Crippen MR) is 120 cm³/mol.